The summed E-state index contributed by atoms with van der Waals surface area (Å²) < 4.78 is 1.66. The molecule has 2 aromatic heterocycles. The highest BCUT2D eigenvalue weighted by Crippen LogP contribution is 2.29. The Morgan fingerprint density at radius 1 is 0.927 bits per heavy atom. The quantitative estimate of drug-likeness (QED) is 0.224. The second-order valence-electron chi connectivity index (χ2n) is 10.2. The van der Waals surface area contributed by atoms with Crippen LogP contribution in [-0.2, 0) is 0 Å². The first-order chi connectivity index (χ1) is 19.7. The Morgan fingerprint density at radius 3 is 2.46 bits per heavy atom. The number of amides is 2. The van der Waals surface area contributed by atoms with E-state index in [1.807, 2.05) is 106 Å². The maximum Gasteiger partial charge on any atom is 0.255 e. The molecule has 5 aromatic rings. The SMILES string of the molecule is Cc1ccc(NC(=O)c2cccc(N(C)C)c2)cc1Nc1ncnn2cc(C(=O)N[C@@H](C)c3ccccc3)c(C)c12. The molecular formula is C32H33N7O2. The van der Waals surface area contributed by atoms with Gasteiger partial charge in [-0.1, -0.05) is 42.5 Å². The van der Waals surface area contributed by atoms with Crippen molar-refractivity contribution in [1.29, 1.82) is 0 Å². The van der Waals surface area contributed by atoms with Crippen LogP contribution in [-0.4, -0.2) is 40.5 Å². The van der Waals surface area contributed by atoms with Crippen molar-refractivity contribution in [3.8, 4) is 0 Å². The van der Waals surface area contributed by atoms with Gasteiger partial charge < -0.3 is 20.9 Å². The van der Waals surface area contributed by atoms with Crippen molar-refractivity contribution in [3.63, 3.8) is 0 Å². The van der Waals surface area contributed by atoms with Gasteiger partial charge in [-0.15, -0.1) is 0 Å². The van der Waals surface area contributed by atoms with Crippen LogP contribution in [0.25, 0.3) is 5.52 Å². The molecule has 0 saturated heterocycles. The van der Waals surface area contributed by atoms with Crippen LogP contribution >= 0.6 is 0 Å². The zero-order valence-corrected chi connectivity index (χ0v) is 23.8. The van der Waals surface area contributed by atoms with Crippen molar-refractivity contribution < 1.29 is 9.59 Å². The summed E-state index contributed by atoms with van der Waals surface area (Å²) >= 11 is 0. The molecule has 3 N–H and O–H groups in total. The molecule has 0 radical (unpaired) electrons. The molecule has 41 heavy (non-hydrogen) atoms. The largest absolute Gasteiger partial charge is 0.378 e. The van der Waals surface area contributed by atoms with Crippen LogP contribution in [0.2, 0.25) is 0 Å². The number of carbonyl (C=O) groups is 2. The number of fused-ring (bicyclic) bond motifs is 1. The summed E-state index contributed by atoms with van der Waals surface area (Å²) in [5.74, 6) is 0.170. The maximum atomic E-state index is 13.2. The van der Waals surface area contributed by atoms with Crippen LogP contribution in [0.5, 0.6) is 0 Å². The maximum absolute atomic E-state index is 13.2. The molecule has 5 rings (SSSR count). The van der Waals surface area contributed by atoms with Crippen LogP contribution in [0.15, 0.2) is 85.3 Å². The Balaban J connectivity index is 1.38. The molecule has 0 aliphatic carbocycles. The molecule has 208 valence electrons. The van der Waals surface area contributed by atoms with E-state index < -0.39 is 0 Å². The average Bonchev–Trinajstić information content (AvgIpc) is 3.32. The summed E-state index contributed by atoms with van der Waals surface area (Å²) in [6.45, 7) is 5.82. The van der Waals surface area contributed by atoms with Gasteiger partial charge in [-0.2, -0.15) is 5.10 Å². The van der Waals surface area contributed by atoms with E-state index in [1.54, 1.807) is 16.8 Å². The molecule has 0 spiro atoms. The lowest BCUT2D eigenvalue weighted by molar-refractivity contribution is 0.0938. The van der Waals surface area contributed by atoms with E-state index in [9.17, 15) is 9.59 Å². The fourth-order valence-corrected chi connectivity index (χ4v) is 4.67. The zero-order valence-electron chi connectivity index (χ0n) is 23.8. The van der Waals surface area contributed by atoms with E-state index in [-0.39, 0.29) is 17.9 Å². The number of benzene rings is 3. The highest BCUT2D eigenvalue weighted by molar-refractivity contribution is 6.05. The van der Waals surface area contributed by atoms with Gasteiger partial charge >= 0.3 is 0 Å². The van der Waals surface area contributed by atoms with Crippen molar-refractivity contribution in [2.75, 3.05) is 29.6 Å². The summed E-state index contributed by atoms with van der Waals surface area (Å²) in [4.78, 5) is 32.7. The van der Waals surface area contributed by atoms with Crippen LogP contribution in [0.1, 0.15) is 50.4 Å². The summed E-state index contributed by atoms with van der Waals surface area (Å²) in [6, 6.07) is 22.8. The molecule has 0 fully saturated rings. The lowest BCUT2D eigenvalue weighted by Crippen LogP contribution is -2.26. The molecule has 0 aliphatic heterocycles. The van der Waals surface area contributed by atoms with Crippen molar-refractivity contribution in [2.45, 2.75) is 26.8 Å². The highest BCUT2D eigenvalue weighted by Gasteiger charge is 2.20. The number of nitrogens with one attached hydrogen (secondary N) is 3. The first kappa shape index (κ1) is 27.4. The lowest BCUT2D eigenvalue weighted by Gasteiger charge is -2.15. The number of nitrogens with zero attached hydrogens (tertiary/aromatic N) is 4. The first-order valence-corrected chi connectivity index (χ1v) is 13.4. The molecule has 1 atom stereocenters. The van der Waals surface area contributed by atoms with Gasteiger partial charge in [0.15, 0.2) is 5.82 Å². The Bertz CT molecular complexity index is 1730. The van der Waals surface area contributed by atoms with E-state index >= 15 is 0 Å². The van der Waals surface area contributed by atoms with E-state index in [4.69, 9.17) is 0 Å². The molecule has 9 heteroatoms. The van der Waals surface area contributed by atoms with Gasteiger partial charge in [-0.05, 0) is 67.8 Å². The van der Waals surface area contributed by atoms with Gasteiger partial charge in [0.2, 0.25) is 0 Å². The van der Waals surface area contributed by atoms with Crippen LogP contribution in [0.4, 0.5) is 22.9 Å². The third-order valence-electron chi connectivity index (χ3n) is 7.09. The third-order valence-corrected chi connectivity index (χ3v) is 7.09. The average molecular weight is 548 g/mol. The molecular weight excluding hydrogens is 514 g/mol. The number of rotatable bonds is 8. The predicted molar refractivity (Wildman–Crippen MR) is 163 cm³/mol. The number of aryl methyl sites for hydroxylation is 2. The van der Waals surface area contributed by atoms with Crippen molar-refractivity contribution >= 4 is 40.2 Å². The van der Waals surface area contributed by atoms with Crippen LogP contribution in [0.3, 0.4) is 0 Å². The smallest absolute Gasteiger partial charge is 0.255 e. The van der Waals surface area contributed by atoms with Gasteiger partial charge in [-0.25, -0.2) is 9.50 Å². The Labute approximate surface area is 239 Å². The van der Waals surface area contributed by atoms with Crippen molar-refractivity contribution in [2.24, 2.45) is 0 Å². The lowest BCUT2D eigenvalue weighted by atomic mass is 10.1. The molecule has 0 unspecified atom stereocenters. The fraction of sp³-hybridized carbons (Fsp3) is 0.188. The van der Waals surface area contributed by atoms with Crippen LogP contribution < -0.4 is 20.9 Å². The summed E-state index contributed by atoms with van der Waals surface area (Å²) in [5, 5.41) is 13.8. The highest BCUT2D eigenvalue weighted by atomic mass is 16.2. The summed E-state index contributed by atoms with van der Waals surface area (Å²) in [6.07, 6.45) is 3.16. The zero-order chi connectivity index (χ0) is 29.1. The molecule has 9 nitrogen and oxygen atoms in total. The fourth-order valence-electron chi connectivity index (χ4n) is 4.67. The Morgan fingerprint density at radius 2 is 1.71 bits per heavy atom. The number of aromatic nitrogens is 3. The minimum absolute atomic E-state index is 0.152. The van der Waals surface area contributed by atoms with Gasteiger partial charge in [0.05, 0.1) is 11.6 Å². The van der Waals surface area contributed by atoms with E-state index in [0.717, 1.165) is 28.1 Å². The minimum Gasteiger partial charge on any atom is -0.378 e. The second-order valence-corrected chi connectivity index (χ2v) is 10.2. The van der Waals surface area contributed by atoms with Gasteiger partial charge in [0.25, 0.3) is 11.8 Å². The molecule has 3 aromatic carbocycles. The van der Waals surface area contributed by atoms with Gasteiger partial charge in [0.1, 0.15) is 11.8 Å². The Hall–Kier alpha value is -5.18. The van der Waals surface area contributed by atoms with E-state index in [1.165, 1.54) is 6.33 Å². The predicted octanol–water partition coefficient (Wildman–Crippen LogP) is 5.90. The van der Waals surface area contributed by atoms with E-state index in [2.05, 4.69) is 26.0 Å². The van der Waals surface area contributed by atoms with Crippen LogP contribution in [0, 0.1) is 13.8 Å². The normalized spacial score (nSPS) is 11.6. The second kappa shape index (κ2) is 11.5. The number of carbonyl (C=O) groups excluding carboxylic acids is 2. The Kier molecular flexibility index (Phi) is 7.69. The monoisotopic (exact) mass is 547 g/mol. The van der Waals surface area contributed by atoms with E-state index in [0.29, 0.717) is 28.1 Å². The molecule has 0 aliphatic rings. The van der Waals surface area contributed by atoms with Crippen molar-refractivity contribution in [3.05, 3.63) is 113 Å². The molecule has 0 bridgehead atoms. The number of anilines is 4. The first-order valence-electron chi connectivity index (χ1n) is 13.4. The van der Waals surface area contributed by atoms with Gasteiger partial charge in [-0.3, -0.25) is 9.59 Å². The number of hydrogen-bond acceptors (Lipinski definition) is 6. The molecule has 2 amide bonds. The minimum atomic E-state index is -0.198. The standard InChI is InChI=1S/C32H33N7O2/c1-20-14-15-25(36-31(40)24-12-9-13-26(16-24)38(4)5)17-28(20)37-30-29-21(2)27(18-39(29)34-19-33-30)32(41)35-22(3)23-10-7-6-8-11-23/h6-19,22H,1-5H3,(H,35,41)(H,36,40)(H,33,34,37)/t22-/m0/s1. The van der Waals surface area contributed by atoms with Gasteiger partial charge in [0, 0.05) is 42.9 Å². The summed E-state index contributed by atoms with van der Waals surface area (Å²) in [5.41, 5.74) is 6.90. The topological polar surface area (TPSA) is 104 Å². The third kappa shape index (κ3) is 5.89. The number of hydrogen-bond donors (Lipinski definition) is 3. The molecule has 2 heterocycles. The summed E-state index contributed by atoms with van der Waals surface area (Å²) in [7, 11) is 3.87. The molecule has 0 saturated carbocycles. The van der Waals surface area contributed by atoms with Crippen molar-refractivity contribution in [1.82, 2.24) is 19.9 Å².